The number of nitrogens with one attached hydrogen (secondary N) is 3. The smallest absolute Gasteiger partial charge is 0.322 e. The summed E-state index contributed by atoms with van der Waals surface area (Å²) in [4.78, 5) is 105. The van der Waals surface area contributed by atoms with Crippen LogP contribution in [0.15, 0.2) is 0 Å². The van der Waals surface area contributed by atoms with E-state index in [4.69, 9.17) is 5.11 Å². The Morgan fingerprint density at radius 2 is 0.880 bits per heavy atom. The molecule has 0 atom stereocenters. The highest BCUT2D eigenvalue weighted by molar-refractivity contribution is 5.89. The summed E-state index contributed by atoms with van der Waals surface area (Å²) in [6.07, 6.45) is 1.75. The van der Waals surface area contributed by atoms with Crippen molar-refractivity contribution in [3.8, 4) is 0 Å². The van der Waals surface area contributed by atoms with Crippen LogP contribution in [-0.2, 0) is 43.2 Å². The molecule has 0 fully saturated rings. The molecule has 0 bridgehead atoms. The first-order valence-corrected chi connectivity index (χ1v) is 16.0. The minimum absolute atomic E-state index is 0.0397. The molecule has 0 radical (unpaired) electrons. The molecule has 0 aliphatic carbocycles. The average molecular weight is 722 g/mol. The zero-order valence-electron chi connectivity index (χ0n) is 32.1. The van der Waals surface area contributed by atoms with Crippen LogP contribution in [0.2, 0.25) is 0 Å². The molecule has 0 saturated carbocycles. The molecule has 292 valence electrons. The van der Waals surface area contributed by atoms with Gasteiger partial charge in [-0.15, -0.1) is 0 Å². The van der Waals surface area contributed by atoms with Crippen molar-refractivity contribution in [2.75, 3.05) is 108 Å². The molecule has 50 heavy (non-hydrogen) atoms. The number of amides is 8. The van der Waals surface area contributed by atoms with Gasteiger partial charge >= 0.3 is 5.97 Å². The van der Waals surface area contributed by atoms with E-state index >= 15 is 0 Å². The second-order valence-electron chi connectivity index (χ2n) is 10.1. The van der Waals surface area contributed by atoms with Gasteiger partial charge in [0.05, 0.1) is 32.7 Å². The van der Waals surface area contributed by atoms with Crippen LogP contribution in [0.5, 0.6) is 0 Å². The fourth-order valence-electron chi connectivity index (χ4n) is 2.63. The Morgan fingerprint density at radius 3 is 1.22 bits per heavy atom. The van der Waals surface area contributed by atoms with Gasteiger partial charge in [0.1, 0.15) is 6.54 Å². The Morgan fingerprint density at radius 1 is 0.520 bits per heavy atom. The molecule has 0 aromatic heterocycles. The van der Waals surface area contributed by atoms with Crippen LogP contribution in [0, 0.1) is 0 Å². The molecule has 0 spiro atoms. The number of nitrogens with zero attached hydrogens (tertiary/aromatic N) is 6. The lowest BCUT2D eigenvalue weighted by atomic mass is 10.4. The van der Waals surface area contributed by atoms with E-state index in [1.165, 1.54) is 30.9 Å². The lowest BCUT2D eigenvalue weighted by Gasteiger charge is -2.22. The Bertz CT molecular complexity index is 985. The number of hydrogen-bond donors (Lipinski definition) is 4. The normalized spacial score (nSPS) is 8.88. The Labute approximate surface area is 297 Å². The summed E-state index contributed by atoms with van der Waals surface area (Å²) in [5, 5.41) is 16.2. The number of carboxylic acid groups (broad SMARTS) is 1. The van der Waals surface area contributed by atoms with Crippen LogP contribution in [0.25, 0.3) is 0 Å². The van der Waals surface area contributed by atoms with E-state index in [9.17, 15) is 43.2 Å². The molecule has 0 aromatic carbocycles. The fraction of sp³-hybridized carbons (Fsp3) is 0.710. The van der Waals surface area contributed by atoms with Crippen molar-refractivity contribution in [3.05, 3.63) is 0 Å². The second kappa shape index (κ2) is 37.0. The first-order chi connectivity index (χ1) is 23.4. The van der Waals surface area contributed by atoms with Crippen molar-refractivity contribution >= 4 is 54.7 Å². The number of carboxylic acids is 1. The minimum atomic E-state index is -1.19. The van der Waals surface area contributed by atoms with Gasteiger partial charge in [0.25, 0.3) is 0 Å². The molecule has 8 amide bonds. The van der Waals surface area contributed by atoms with Crippen molar-refractivity contribution in [2.45, 2.75) is 41.5 Å². The number of carbonyl (C=O) groups is 9. The molecular weight excluding hydrogens is 658 g/mol. The standard InChI is InChI=1S/C12H20N4O6.C7H14N2O2.C6H12N2O2.C4H11N.C2H6/c1-14(8-17)6-10(19)16(3)7-11(20)15(2)5-9(18)13-4-12(21)22;1-4-9(3)7(11)5-8(2)6-10;1-3-7-6(10)4-8(2)5-9;1-3-5-4-2;1-2/h8H,4-7H2,1-3H3,(H,13,18)(H,21,22);6H,4-5H2,1-3H3;5H,3-4H2,1-2H3,(H,7,10);5H,3-4H2,1-2H3;1-2H3. The van der Waals surface area contributed by atoms with Crippen molar-refractivity contribution in [1.29, 1.82) is 0 Å². The van der Waals surface area contributed by atoms with E-state index in [0.29, 0.717) is 32.3 Å². The van der Waals surface area contributed by atoms with Crippen LogP contribution >= 0.6 is 0 Å². The van der Waals surface area contributed by atoms with Crippen molar-refractivity contribution < 1.29 is 48.3 Å². The fourth-order valence-corrected chi connectivity index (χ4v) is 2.63. The van der Waals surface area contributed by atoms with Crippen LogP contribution < -0.4 is 16.0 Å². The second-order valence-corrected chi connectivity index (χ2v) is 10.1. The summed E-state index contributed by atoms with van der Waals surface area (Å²) < 4.78 is 0. The van der Waals surface area contributed by atoms with Crippen molar-refractivity contribution in [1.82, 2.24) is 45.3 Å². The van der Waals surface area contributed by atoms with Gasteiger partial charge in [0, 0.05) is 55.4 Å². The molecule has 4 N–H and O–H groups in total. The Kier molecular flexibility index (Phi) is 40.4. The van der Waals surface area contributed by atoms with Crippen molar-refractivity contribution in [3.63, 3.8) is 0 Å². The van der Waals surface area contributed by atoms with E-state index in [1.54, 1.807) is 26.0 Å². The van der Waals surface area contributed by atoms with Gasteiger partial charge in [0.15, 0.2) is 0 Å². The quantitative estimate of drug-likeness (QED) is 0.103. The monoisotopic (exact) mass is 721 g/mol. The predicted octanol–water partition coefficient (Wildman–Crippen LogP) is -2.40. The molecule has 0 saturated heterocycles. The largest absolute Gasteiger partial charge is 0.480 e. The Hall–Kier alpha value is -4.81. The lowest BCUT2D eigenvalue weighted by molar-refractivity contribution is -0.141. The molecule has 0 aliphatic rings. The number of likely N-dealkylation sites (N-methyl/N-ethyl adjacent to an activating group) is 7. The number of carbonyl (C=O) groups excluding carboxylic acids is 8. The molecule has 0 aromatic rings. The van der Waals surface area contributed by atoms with Crippen LogP contribution in [0.3, 0.4) is 0 Å². The van der Waals surface area contributed by atoms with Crippen molar-refractivity contribution in [2.24, 2.45) is 0 Å². The van der Waals surface area contributed by atoms with Gasteiger partial charge in [-0.1, -0.05) is 27.7 Å². The maximum atomic E-state index is 11.8. The topological polar surface area (TPSA) is 229 Å². The highest BCUT2D eigenvalue weighted by Gasteiger charge is 2.18. The summed E-state index contributed by atoms with van der Waals surface area (Å²) in [5.74, 6) is -2.89. The van der Waals surface area contributed by atoms with Gasteiger partial charge in [0.2, 0.25) is 48.8 Å². The summed E-state index contributed by atoms with van der Waals surface area (Å²) in [7, 11) is 9.03. The first kappa shape index (κ1) is 54.6. The minimum Gasteiger partial charge on any atom is -0.480 e. The highest BCUT2D eigenvalue weighted by atomic mass is 16.4. The van der Waals surface area contributed by atoms with E-state index in [1.807, 2.05) is 27.7 Å². The zero-order valence-corrected chi connectivity index (χ0v) is 32.1. The number of rotatable bonds is 19. The van der Waals surface area contributed by atoms with E-state index in [0.717, 1.165) is 27.8 Å². The number of aliphatic carboxylic acids is 1. The van der Waals surface area contributed by atoms with Gasteiger partial charge in [-0.3, -0.25) is 43.2 Å². The van der Waals surface area contributed by atoms with Gasteiger partial charge in [-0.2, -0.15) is 0 Å². The third-order valence-corrected chi connectivity index (χ3v) is 5.52. The maximum absolute atomic E-state index is 11.8. The summed E-state index contributed by atoms with van der Waals surface area (Å²) in [6, 6.07) is 0. The predicted molar refractivity (Wildman–Crippen MR) is 190 cm³/mol. The van der Waals surface area contributed by atoms with E-state index < -0.39 is 30.2 Å². The molecular formula is C31H63N9O10. The molecule has 0 unspecified atom stereocenters. The highest BCUT2D eigenvalue weighted by Crippen LogP contribution is 1.92. The van der Waals surface area contributed by atoms with Gasteiger partial charge < -0.3 is 50.5 Å². The molecule has 0 heterocycles. The van der Waals surface area contributed by atoms with Gasteiger partial charge in [-0.25, -0.2) is 0 Å². The summed E-state index contributed by atoms with van der Waals surface area (Å²) in [6.45, 7) is 14.4. The SMILES string of the molecule is CC.CCN(C)C(=O)CN(C)C=O.CCNC(=O)CN(C)C=O.CCNCC.CN(C=O)CC(=O)N(C)CC(=O)N(C)CC(=O)NCC(=O)O. The molecule has 0 rings (SSSR count). The van der Waals surface area contributed by atoms with E-state index in [-0.39, 0.29) is 44.5 Å². The van der Waals surface area contributed by atoms with Crippen LogP contribution in [0.1, 0.15) is 41.5 Å². The maximum Gasteiger partial charge on any atom is 0.322 e. The zero-order chi connectivity index (χ0) is 40.2. The third-order valence-electron chi connectivity index (χ3n) is 5.52. The molecule has 0 aliphatic heterocycles. The third kappa shape index (κ3) is 37.6. The Balaban J connectivity index is -0.000000201. The average Bonchev–Trinajstić information content (AvgIpc) is 3.08. The van der Waals surface area contributed by atoms with Crippen LogP contribution in [-0.4, -0.2) is 197 Å². The molecule has 19 heteroatoms. The first-order valence-electron chi connectivity index (χ1n) is 16.0. The van der Waals surface area contributed by atoms with Crippen LogP contribution in [0.4, 0.5) is 0 Å². The lowest BCUT2D eigenvalue weighted by Crippen LogP contribution is -2.45. The van der Waals surface area contributed by atoms with E-state index in [2.05, 4.69) is 29.8 Å². The summed E-state index contributed by atoms with van der Waals surface area (Å²) >= 11 is 0. The molecule has 19 nitrogen and oxygen atoms in total. The van der Waals surface area contributed by atoms with Gasteiger partial charge in [-0.05, 0) is 26.9 Å². The number of hydrogen-bond acceptors (Lipinski definition) is 10. The summed E-state index contributed by atoms with van der Waals surface area (Å²) in [5.41, 5.74) is 0.